The highest BCUT2D eigenvalue weighted by Crippen LogP contribution is 2.36. The number of fused-ring (bicyclic) bond motifs is 1. The predicted octanol–water partition coefficient (Wildman–Crippen LogP) is 1.38. The van der Waals surface area contributed by atoms with Gasteiger partial charge in [-0.25, -0.2) is 19.7 Å². The molecule has 0 bridgehead atoms. The van der Waals surface area contributed by atoms with Gasteiger partial charge in [-0.05, 0) is 12.0 Å². The molecule has 2 N–H and O–H groups in total. The van der Waals surface area contributed by atoms with E-state index in [4.69, 9.17) is 14.6 Å². The van der Waals surface area contributed by atoms with E-state index in [0.29, 0.717) is 24.8 Å². The van der Waals surface area contributed by atoms with Crippen molar-refractivity contribution in [3.63, 3.8) is 0 Å². The van der Waals surface area contributed by atoms with Gasteiger partial charge in [0, 0.05) is 50.2 Å². The quantitative estimate of drug-likeness (QED) is 0.724. The Morgan fingerprint density at radius 1 is 1.16 bits per heavy atom. The molecule has 0 aliphatic carbocycles. The molecule has 4 rings (SSSR count). The Morgan fingerprint density at radius 3 is 2.48 bits per heavy atom. The number of ether oxygens (including phenoxy) is 1. The minimum Gasteiger partial charge on any atom is -0.475 e. The van der Waals surface area contributed by atoms with Crippen LogP contribution in [0.4, 0.5) is 24.9 Å². The van der Waals surface area contributed by atoms with Crippen LogP contribution in [-0.4, -0.2) is 68.9 Å². The molecule has 2 aromatic rings. The van der Waals surface area contributed by atoms with Crippen molar-refractivity contribution in [2.75, 3.05) is 29.9 Å². The van der Waals surface area contributed by atoms with E-state index in [0.717, 1.165) is 19.0 Å². The van der Waals surface area contributed by atoms with Gasteiger partial charge in [0.25, 0.3) is 0 Å². The largest absolute Gasteiger partial charge is 0.490 e. The fourth-order valence-electron chi connectivity index (χ4n) is 3.42. The molecule has 0 aromatic carbocycles. The smallest absolute Gasteiger partial charge is 0.475 e. The van der Waals surface area contributed by atoms with Gasteiger partial charge in [0.1, 0.15) is 0 Å². The number of nitrogens with zero attached hydrogens (tertiary/aromatic N) is 5. The maximum Gasteiger partial charge on any atom is 0.490 e. The van der Waals surface area contributed by atoms with Crippen LogP contribution in [0, 0.1) is 11.8 Å². The number of alkyl halides is 3. The van der Waals surface area contributed by atoms with Crippen molar-refractivity contribution >= 4 is 23.6 Å². The van der Waals surface area contributed by atoms with Crippen molar-refractivity contribution in [1.29, 1.82) is 0 Å². The Morgan fingerprint density at radius 2 is 1.87 bits per heavy atom. The van der Waals surface area contributed by atoms with Gasteiger partial charge >= 0.3 is 12.1 Å². The third-order valence-electron chi connectivity index (χ3n) is 4.79. The lowest BCUT2D eigenvalue weighted by atomic mass is 9.90. The van der Waals surface area contributed by atoms with Gasteiger partial charge in [-0.2, -0.15) is 13.2 Å². The van der Waals surface area contributed by atoms with Crippen LogP contribution in [0.2, 0.25) is 0 Å². The molecule has 2 fully saturated rings. The number of carboxylic acids is 1. The number of nitrogens with one attached hydrogen (secondary N) is 1. The summed E-state index contributed by atoms with van der Waals surface area (Å²) in [6.45, 7) is 2.21. The lowest BCUT2D eigenvalue weighted by molar-refractivity contribution is -0.192. The third-order valence-corrected chi connectivity index (χ3v) is 4.79. The van der Waals surface area contributed by atoms with Crippen molar-refractivity contribution in [1.82, 2.24) is 19.9 Å². The summed E-state index contributed by atoms with van der Waals surface area (Å²) in [6.07, 6.45) is 3.62. The average Bonchev–Trinajstić information content (AvgIpc) is 3.31. The van der Waals surface area contributed by atoms with E-state index >= 15 is 0 Å². The predicted molar refractivity (Wildman–Crippen MR) is 99.9 cm³/mol. The molecule has 4 heterocycles. The highest BCUT2D eigenvalue weighted by molar-refractivity contribution is 5.89. The maximum absolute atomic E-state index is 12.2. The van der Waals surface area contributed by atoms with E-state index in [1.165, 1.54) is 6.20 Å². The maximum atomic E-state index is 12.2. The minimum atomic E-state index is -5.08. The molecule has 166 valence electrons. The first kappa shape index (κ1) is 22.3. The fraction of sp³-hybridized carbons (Fsp3) is 0.444. The second-order valence-electron chi connectivity index (χ2n) is 6.90. The molecular formula is C18H19F3N6O4. The zero-order chi connectivity index (χ0) is 22.4. The van der Waals surface area contributed by atoms with Crippen LogP contribution in [0.15, 0.2) is 37.1 Å². The summed E-state index contributed by atoms with van der Waals surface area (Å²) in [4.78, 5) is 39.9. The van der Waals surface area contributed by atoms with E-state index in [-0.39, 0.29) is 17.9 Å². The average molecular weight is 440 g/mol. The number of rotatable bonds is 4. The molecule has 2 saturated heterocycles. The molecule has 31 heavy (non-hydrogen) atoms. The summed E-state index contributed by atoms with van der Waals surface area (Å²) in [7, 11) is 0. The monoisotopic (exact) mass is 440 g/mol. The van der Waals surface area contributed by atoms with Crippen molar-refractivity contribution < 1.29 is 32.6 Å². The highest BCUT2D eigenvalue weighted by atomic mass is 19.4. The number of hydrogen-bond acceptors (Lipinski definition) is 8. The van der Waals surface area contributed by atoms with Gasteiger partial charge in [0.05, 0.1) is 18.9 Å². The molecule has 2 aromatic heterocycles. The molecule has 0 spiro atoms. The molecule has 0 unspecified atom stereocenters. The molecule has 13 heteroatoms. The Kier molecular flexibility index (Phi) is 6.95. The van der Waals surface area contributed by atoms with E-state index in [1.807, 2.05) is 0 Å². The van der Waals surface area contributed by atoms with Crippen molar-refractivity contribution in [2.45, 2.75) is 18.7 Å². The number of amides is 1. The highest BCUT2D eigenvalue weighted by Gasteiger charge is 2.45. The molecule has 0 saturated carbocycles. The van der Waals surface area contributed by atoms with Gasteiger partial charge < -0.3 is 20.1 Å². The lowest BCUT2D eigenvalue weighted by Gasteiger charge is -2.19. The summed E-state index contributed by atoms with van der Waals surface area (Å²) >= 11 is 0. The van der Waals surface area contributed by atoms with Gasteiger partial charge in [-0.3, -0.25) is 9.78 Å². The van der Waals surface area contributed by atoms with E-state index in [1.54, 1.807) is 30.9 Å². The Balaban J connectivity index is 0.000000339. The van der Waals surface area contributed by atoms with Crippen LogP contribution >= 0.6 is 0 Å². The number of carbonyl (C=O) groups is 2. The van der Waals surface area contributed by atoms with Gasteiger partial charge in [-0.1, -0.05) is 0 Å². The summed E-state index contributed by atoms with van der Waals surface area (Å²) in [5.41, 5.74) is 0. The number of aliphatic carboxylic acids is 1. The number of carbonyl (C=O) groups excluding carboxylic acids is 1. The molecule has 2 aliphatic rings. The van der Waals surface area contributed by atoms with Crippen molar-refractivity contribution in [3.8, 4) is 0 Å². The van der Waals surface area contributed by atoms with E-state index in [2.05, 4.69) is 30.2 Å². The first-order chi connectivity index (χ1) is 14.7. The molecule has 3 atom stereocenters. The normalized spacial score (nSPS) is 22.3. The zero-order valence-corrected chi connectivity index (χ0v) is 16.1. The number of carboxylic acid groups (broad SMARTS) is 1. The Bertz CT molecular complexity index is 887. The first-order valence-electron chi connectivity index (χ1n) is 9.23. The van der Waals surface area contributed by atoms with Gasteiger partial charge in [-0.15, -0.1) is 0 Å². The Labute approximate surface area is 174 Å². The summed E-state index contributed by atoms with van der Waals surface area (Å²) < 4.78 is 37.6. The molecule has 2 aliphatic heterocycles. The van der Waals surface area contributed by atoms with Crippen LogP contribution in [0.25, 0.3) is 0 Å². The van der Waals surface area contributed by atoms with Crippen LogP contribution < -0.4 is 10.2 Å². The van der Waals surface area contributed by atoms with Crippen molar-refractivity contribution in [3.05, 3.63) is 37.1 Å². The minimum absolute atomic E-state index is 0.0563. The number of hydrogen-bond donors (Lipinski definition) is 2. The molecule has 10 nitrogen and oxygen atoms in total. The second-order valence-corrected chi connectivity index (χ2v) is 6.90. The third kappa shape index (κ3) is 6.07. The standard InChI is InChI=1S/C16H18N6O2.C2HF3O2/c23-15(21-14-7-17-4-5-18-14)6-11-10-24-13-9-22(8-12(11)13)16-19-2-1-3-20-16;3-2(4,5)1(6)7/h1-5,7,11-13H,6,8-10H2,(H,18,21,23);(H,6,7)/t11-,12-,13-;/m1./s1. The van der Waals surface area contributed by atoms with Gasteiger partial charge in [0.2, 0.25) is 11.9 Å². The molecule has 0 radical (unpaired) electrons. The fourth-order valence-corrected chi connectivity index (χ4v) is 3.42. The Hall–Kier alpha value is -3.35. The topological polar surface area (TPSA) is 130 Å². The van der Waals surface area contributed by atoms with Crippen LogP contribution in [0.1, 0.15) is 6.42 Å². The van der Waals surface area contributed by atoms with Crippen LogP contribution in [-0.2, 0) is 14.3 Å². The van der Waals surface area contributed by atoms with Gasteiger partial charge in [0.15, 0.2) is 5.82 Å². The first-order valence-corrected chi connectivity index (χ1v) is 9.23. The SMILES string of the molecule is O=C(C[C@@H]1CO[C@@H]2CN(c3ncccn3)C[C@H]12)Nc1cnccn1.O=C(O)C(F)(F)F. The van der Waals surface area contributed by atoms with E-state index < -0.39 is 12.1 Å². The lowest BCUT2D eigenvalue weighted by Crippen LogP contribution is -2.27. The zero-order valence-electron chi connectivity index (χ0n) is 16.1. The number of aromatic nitrogens is 4. The summed E-state index contributed by atoms with van der Waals surface area (Å²) in [5, 5.41) is 9.91. The molecule has 1 amide bonds. The summed E-state index contributed by atoms with van der Waals surface area (Å²) in [5.74, 6) is -1.10. The van der Waals surface area contributed by atoms with Crippen LogP contribution in [0.3, 0.4) is 0 Å². The summed E-state index contributed by atoms with van der Waals surface area (Å²) in [6, 6.07) is 1.80. The number of halogens is 3. The van der Waals surface area contributed by atoms with Crippen molar-refractivity contribution in [2.24, 2.45) is 11.8 Å². The molecular weight excluding hydrogens is 421 g/mol. The number of anilines is 2. The van der Waals surface area contributed by atoms with Crippen LogP contribution in [0.5, 0.6) is 0 Å². The van der Waals surface area contributed by atoms with E-state index in [9.17, 15) is 18.0 Å². The second kappa shape index (κ2) is 9.64.